The fraction of sp³-hybridized carbons (Fsp3) is 0.370. The predicted molar refractivity (Wildman–Crippen MR) is 142 cm³/mol. The van der Waals surface area contributed by atoms with Crippen molar-refractivity contribution in [1.82, 2.24) is 24.6 Å². The summed E-state index contributed by atoms with van der Waals surface area (Å²) in [5.74, 6) is 1.49. The quantitative estimate of drug-likeness (QED) is 0.383. The molecular weight excluding hydrogens is 454 g/mol. The van der Waals surface area contributed by atoms with Crippen LogP contribution in [0, 0.1) is 0 Å². The van der Waals surface area contributed by atoms with Gasteiger partial charge in [0.15, 0.2) is 0 Å². The van der Waals surface area contributed by atoms with E-state index in [0.717, 1.165) is 71.2 Å². The van der Waals surface area contributed by atoms with Crippen LogP contribution in [0.3, 0.4) is 0 Å². The van der Waals surface area contributed by atoms with E-state index >= 15 is 0 Å². The molecule has 1 atom stereocenters. The summed E-state index contributed by atoms with van der Waals surface area (Å²) < 4.78 is 12.9. The number of hydrogen-bond donors (Lipinski definition) is 1. The summed E-state index contributed by atoms with van der Waals surface area (Å²) in [7, 11) is 5.24. The number of aryl methyl sites for hydroxylation is 1. The van der Waals surface area contributed by atoms with E-state index in [0.29, 0.717) is 12.6 Å². The van der Waals surface area contributed by atoms with Crippen LogP contribution in [-0.2, 0) is 7.05 Å². The molecule has 2 N–H and O–H groups in total. The second-order valence-electron chi connectivity index (χ2n) is 9.12. The van der Waals surface area contributed by atoms with Crippen molar-refractivity contribution in [3.63, 3.8) is 0 Å². The average molecular weight is 488 g/mol. The Hall–Kier alpha value is -3.69. The molecular formula is C27H33N7O2. The van der Waals surface area contributed by atoms with E-state index in [2.05, 4.69) is 32.0 Å². The first-order valence-electron chi connectivity index (χ1n) is 12.3. The Kier molecular flexibility index (Phi) is 7.02. The lowest BCUT2D eigenvalue weighted by atomic mass is 10.2. The molecule has 0 radical (unpaired) electrons. The number of fused-ring (bicyclic) bond motifs is 1. The number of rotatable bonds is 9. The van der Waals surface area contributed by atoms with Crippen LogP contribution in [0.4, 0.5) is 11.4 Å². The Morgan fingerprint density at radius 3 is 2.53 bits per heavy atom. The first kappa shape index (κ1) is 24.0. The molecule has 3 heterocycles. The Morgan fingerprint density at radius 2 is 1.83 bits per heavy atom. The van der Waals surface area contributed by atoms with Crippen LogP contribution in [0.25, 0.3) is 22.3 Å². The van der Waals surface area contributed by atoms with Crippen molar-refractivity contribution in [2.45, 2.75) is 18.9 Å². The third kappa shape index (κ3) is 4.98. The van der Waals surface area contributed by atoms with Crippen LogP contribution in [-0.4, -0.2) is 71.1 Å². The van der Waals surface area contributed by atoms with Gasteiger partial charge in [-0.2, -0.15) is 5.10 Å². The molecule has 5 rings (SSSR count). The van der Waals surface area contributed by atoms with Gasteiger partial charge in [-0.25, -0.2) is 4.98 Å². The van der Waals surface area contributed by atoms with E-state index in [-0.39, 0.29) is 0 Å². The van der Waals surface area contributed by atoms with Crippen molar-refractivity contribution in [3.05, 3.63) is 55.0 Å². The maximum absolute atomic E-state index is 6.04. The zero-order valence-electron chi connectivity index (χ0n) is 21.1. The summed E-state index contributed by atoms with van der Waals surface area (Å²) in [6.07, 6.45) is 7.89. The van der Waals surface area contributed by atoms with Crippen LogP contribution in [0.1, 0.15) is 12.8 Å². The summed E-state index contributed by atoms with van der Waals surface area (Å²) in [5, 5.41) is 4.27. The van der Waals surface area contributed by atoms with Gasteiger partial charge in [-0.15, -0.1) is 0 Å². The molecule has 2 aromatic carbocycles. The van der Waals surface area contributed by atoms with E-state index in [1.807, 2.05) is 37.5 Å². The zero-order chi connectivity index (χ0) is 25.1. The second-order valence-corrected chi connectivity index (χ2v) is 9.12. The highest BCUT2D eigenvalue weighted by Gasteiger charge is 2.24. The van der Waals surface area contributed by atoms with Crippen molar-refractivity contribution >= 4 is 22.4 Å². The highest BCUT2D eigenvalue weighted by molar-refractivity contribution is 5.82. The lowest BCUT2D eigenvalue weighted by Gasteiger charge is -2.30. The predicted octanol–water partition coefficient (Wildman–Crippen LogP) is 3.61. The fourth-order valence-corrected chi connectivity index (χ4v) is 4.90. The van der Waals surface area contributed by atoms with Gasteiger partial charge in [-0.3, -0.25) is 14.6 Å². The number of anilines is 2. The van der Waals surface area contributed by atoms with Crippen LogP contribution in [0.15, 0.2) is 55.0 Å². The van der Waals surface area contributed by atoms with Gasteiger partial charge in [-0.1, -0.05) is 0 Å². The molecule has 4 aromatic rings. The maximum Gasteiger partial charge on any atom is 0.124 e. The zero-order valence-corrected chi connectivity index (χ0v) is 21.1. The molecule has 1 saturated heterocycles. The summed E-state index contributed by atoms with van der Waals surface area (Å²) in [4.78, 5) is 14.3. The van der Waals surface area contributed by atoms with Crippen molar-refractivity contribution in [2.75, 3.05) is 45.3 Å². The molecule has 36 heavy (non-hydrogen) atoms. The molecule has 0 saturated carbocycles. The van der Waals surface area contributed by atoms with Crippen molar-refractivity contribution in [3.8, 4) is 22.8 Å². The highest BCUT2D eigenvalue weighted by atomic mass is 16.5. The van der Waals surface area contributed by atoms with E-state index in [9.17, 15) is 0 Å². The van der Waals surface area contributed by atoms with Gasteiger partial charge in [-0.05, 0) is 37.6 Å². The van der Waals surface area contributed by atoms with Gasteiger partial charge in [0.1, 0.15) is 11.5 Å². The van der Waals surface area contributed by atoms with Gasteiger partial charge in [0.25, 0.3) is 0 Å². The normalized spacial score (nSPS) is 15.9. The monoisotopic (exact) mass is 487 g/mol. The van der Waals surface area contributed by atoms with Crippen LogP contribution < -0.4 is 20.1 Å². The van der Waals surface area contributed by atoms with Crippen LogP contribution >= 0.6 is 0 Å². The molecule has 1 aliphatic heterocycles. The molecule has 1 fully saturated rings. The van der Waals surface area contributed by atoms with Crippen LogP contribution in [0.2, 0.25) is 0 Å². The number of aromatic nitrogens is 4. The number of benzene rings is 2. The summed E-state index contributed by atoms with van der Waals surface area (Å²) in [6, 6.07) is 12.6. The number of hydrogen-bond acceptors (Lipinski definition) is 8. The topological polar surface area (TPSA) is 94.6 Å². The van der Waals surface area contributed by atoms with Crippen molar-refractivity contribution in [1.29, 1.82) is 0 Å². The maximum atomic E-state index is 6.04. The number of likely N-dealkylation sites (tertiary alicyclic amines) is 1. The van der Waals surface area contributed by atoms with E-state index < -0.39 is 0 Å². The fourth-order valence-electron chi connectivity index (χ4n) is 4.90. The lowest BCUT2D eigenvalue weighted by molar-refractivity contribution is 0.265. The molecule has 2 aromatic heterocycles. The summed E-state index contributed by atoms with van der Waals surface area (Å²) >= 11 is 0. The lowest BCUT2D eigenvalue weighted by Crippen LogP contribution is -2.40. The standard InChI is InChI=1S/C27H33N7O2/c1-32-18-19(16-30-32)27-17-29-25-7-6-20(13-26(25)31-27)34(10-9-33-8-4-5-21(33)15-28)22-11-23(35-2)14-24(12-22)36-3/h6-7,11-14,16-18,21H,4-5,8-10,15,28H2,1-3H3/t21-/m0/s1. The van der Waals surface area contributed by atoms with Gasteiger partial charge in [0, 0.05) is 74.1 Å². The third-order valence-corrected chi connectivity index (χ3v) is 6.87. The van der Waals surface area contributed by atoms with Crippen molar-refractivity contribution < 1.29 is 9.47 Å². The molecule has 0 aliphatic carbocycles. The molecule has 0 spiro atoms. The minimum Gasteiger partial charge on any atom is -0.497 e. The smallest absolute Gasteiger partial charge is 0.124 e. The Labute approximate surface area is 211 Å². The van der Waals surface area contributed by atoms with E-state index in [4.69, 9.17) is 20.2 Å². The van der Waals surface area contributed by atoms with Gasteiger partial charge in [0.05, 0.1) is 43.3 Å². The number of methoxy groups -OCH3 is 2. The first-order valence-corrected chi connectivity index (χ1v) is 12.3. The molecule has 0 amide bonds. The Balaban J connectivity index is 1.53. The number of nitrogens with two attached hydrogens (primary N) is 1. The SMILES string of the molecule is COc1cc(OC)cc(N(CCN2CCC[C@H]2CN)c2ccc3ncc(-c4cnn(C)c4)nc3c2)c1. The molecule has 0 bridgehead atoms. The molecule has 1 aliphatic rings. The number of nitrogens with zero attached hydrogens (tertiary/aromatic N) is 6. The Morgan fingerprint density at radius 1 is 1.03 bits per heavy atom. The molecule has 188 valence electrons. The number of ether oxygens (including phenoxy) is 2. The van der Waals surface area contributed by atoms with Gasteiger partial charge < -0.3 is 20.1 Å². The van der Waals surface area contributed by atoms with E-state index in [1.165, 1.54) is 6.42 Å². The Bertz CT molecular complexity index is 1320. The van der Waals surface area contributed by atoms with E-state index in [1.54, 1.807) is 31.3 Å². The van der Waals surface area contributed by atoms with Gasteiger partial charge >= 0.3 is 0 Å². The minimum atomic E-state index is 0.441. The largest absolute Gasteiger partial charge is 0.497 e. The highest BCUT2D eigenvalue weighted by Crippen LogP contribution is 2.34. The molecule has 0 unspecified atom stereocenters. The summed E-state index contributed by atoms with van der Waals surface area (Å²) in [6.45, 7) is 3.46. The van der Waals surface area contributed by atoms with Gasteiger partial charge in [0.2, 0.25) is 0 Å². The minimum absolute atomic E-state index is 0.441. The first-order chi connectivity index (χ1) is 17.6. The van der Waals surface area contributed by atoms with Crippen LogP contribution in [0.5, 0.6) is 11.5 Å². The average Bonchev–Trinajstić information content (AvgIpc) is 3.56. The summed E-state index contributed by atoms with van der Waals surface area (Å²) in [5.41, 5.74) is 11.5. The second kappa shape index (κ2) is 10.5. The molecule has 9 heteroatoms. The van der Waals surface area contributed by atoms with Crippen molar-refractivity contribution in [2.24, 2.45) is 12.8 Å². The third-order valence-electron chi connectivity index (χ3n) is 6.87. The molecule has 9 nitrogen and oxygen atoms in total.